The lowest BCUT2D eigenvalue weighted by molar-refractivity contribution is -0.140. The van der Waals surface area contributed by atoms with E-state index in [0.29, 0.717) is 32.4 Å². The zero-order chi connectivity index (χ0) is 19.2. The van der Waals surface area contributed by atoms with Gasteiger partial charge in [-0.15, -0.1) is 0 Å². The third-order valence-corrected chi connectivity index (χ3v) is 4.27. The van der Waals surface area contributed by atoms with E-state index in [1.54, 1.807) is 30.3 Å². The molecule has 0 saturated carbocycles. The number of benzene rings is 1. The minimum Gasteiger partial charge on any atom is -0.390 e. The van der Waals surface area contributed by atoms with Crippen molar-refractivity contribution >= 4 is 21.8 Å². The predicted molar refractivity (Wildman–Crippen MR) is 93.1 cm³/mol. The minimum absolute atomic E-state index is 0.0971. The Balaban J connectivity index is 2.02. The van der Waals surface area contributed by atoms with E-state index in [0.717, 1.165) is 0 Å². The SMILES string of the molecule is O=c1c2cn[nH]c2c2ccc(-c3cccc(CO)n3)cc2n1CC(F)(F)F. The Morgan fingerprint density at radius 2 is 1.96 bits per heavy atom. The molecule has 138 valence electrons. The van der Waals surface area contributed by atoms with Gasteiger partial charge >= 0.3 is 6.18 Å². The topological polar surface area (TPSA) is 83.8 Å². The van der Waals surface area contributed by atoms with Crippen LogP contribution >= 0.6 is 0 Å². The molecule has 0 aliphatic carbocycles. The van der Waals surface area contributed by atoms with E-state index in [1.165, 1.54) is 12.3 Å². The first-order valence-corrected chi connectivity index (χ1v) is 8.01. The van der Waals surface area contributed by atoms with Gasteiger partial charge in [0, 0.05) is 10.9 Å². The lowest BCUT2D eigenvalue weighted by Crippen LogP contribution is -2.28. The number of aromatic nitrogens is 4. The molecule has 0 radical (unpaired) electrons. The monoisotopic (exact) mass is 374 g/mol. The molecule has 4 aromatic rings. The summed E-state index contributed by atoms with van der Waals surface area (Å²) < 4.78 is 39.9. The van der Waals surface area contributed by atoms with Crippen molar-refractivity contribution in [3.63, 3.8) is 0 Å². The molecule has 3 heterocycles. The summed E-state index contributed by atoms with van der Waals surface area (Å²) in [6.45, 7) is -1.66. The number of H-pyrrole nitrogens is 1. The Hall–Kier alpha value is -3.20. The van der Waals surface area contributed by atoms with Crippen molar-refractivity contribution in [2.45, 2.75) is 19.3 Å². The number of alkyl halides is 3. The third-order valence-electron chi connectivity index (χ3n) is 4.27. The van der Waals surface area contributed by atoms with E-state index in [9.17, 15) is 23.1 Å². The summed E-state index contributed by atoms with van der Waals surface area (Å²) in [6, 6.07) is 9.84. The highest BCUT2D eigenvalue weighted by atomic mass is 19.4. The maximum Gasteiger partial charge on any atom is 0.406 e. The van der Waals surface area contributed by atoms with E-state index >= 15 is 0 Å². The molecule has 27 heavy (non-hydrogen) atoms. The van der Waals surface area contributed by atoms with Crippen LogP contribution in [-0.4, -0.2) is 31.0 Å². The van der Waals surface area contributed by atoms with Gasteiger partial charge in [-0.3, -0.25) is 19.4 Å². The highest BCUT2D eigenvalue weighted by molar-refractivity contribution is 6.04. The average molecular weight is 374 g/mol. The van der Waals surface area contributed by atoms with Gasteiger partial charge in [0.1, 0.15) is 6.54 Å². The van der Waals surface area contributed by atoms with Crippen LogP contribution in [0.5, 0.6) is 0 Å². The molecular formula is C18H13F3N4O2. The first-order valence-electron chi connectivity index (χ1n) is 8.01. The Morgan fingerprint density at radius 1 is 1.15 bits per heavy atom. The van der Waals surface area contributed by atoms with Crippen molar-refractivity contribution in [3.05, 3.63) is 58.6 Å². The maximum atomic E-state index is 13.1. The van der Waals surface area contributed by atoms with Gasteiger partial charge in [-0.05, 0) is 18.2 Å². The van der Waals surface area contributed by atoms with Crippen molar-refractivity contribution in [2.75, 3.05) is 0 Å². The zero-order valence-electron chi connectivity index (χ0n) is 13.8. The summed E-state index contributed by atoms with van der Waals surface area (Å²) in [7, 11) is 0. The lowest BCUT2D eigenvalue weighted by Gasteiger charge is -2.14. The van der Waals surface area contributed by atoms with Gasteiger partial charge in [-0.1, -0.05) is 18.2 Å². The molecule has 4 rings (SSSR count). The molecular weight excluding hydrogens is 361 g/mol. The molecule has 6 nitrogen and oxygen atoms in total. The van der Waals surface area contributed by atoms with Crippen LogP contribution in [0.1, 0.15) is 5.69 Å². The van der Waals surface area contributed by atoms with Gasteiger partial charge in [-0.2, -0.15) is 18.3 Å². The van der Waals surface area contributed by atoms with Gasteiger partial charge in [0.05, 0.1) is 40.6 Å². The zero-order valence-corrected chi connectivity index (χ0v) is 13.8. The number of pyridine rings is 2. The molecule has 1 aromatic carbocycles. The number of nitrogens with one attached hydrogen (secondary N) is 1. The summed E-state index contributed by atoms with van der Waals surface area (Å²) >= 11 is 0. The molecule has 0 amide bonds. The highest BCUT2D eigenvalue weighted by Crippen LogP contribution is 2.28. The van der Waals surface area contributed by atoms with Crippen molar-refractivity contribution < 1.29 is 18.3 Å². The van der Waals surface area contributed by atoms with Crippen molar-refractivity contribution in [3.8, 4) is 11.3 Å². The fourth-order valence-corrected chi connectivity index (χ4v) is 3.10. The van der Waals surface area contributed by atoms with Gasteiger partial charge in [0.25, 0.3) is 5.56 Å². The van der Waals surface area contributed by atoms with E-state index in [2.05, 4.69) is 15.2 Å². The van der Waals surface area contributed by atoms with E-state index in [-0.39, 0.29) is 17.5 Å². The van der Waals surface area contributed by atoms with Crippen molar-refractivity contribution in [1.82, 2.24) is 19.7 Å². The molecule has 0 unspecified atom stereocenters. The quantitative estimate of drug-likeness (QED) is 0.577. The van der Waals surface area contributed by atoms with Crippen molar-refractivity contribution in [1.29, 1.82) is 0 Å². The number of rotatable bonds is 3. The second-order valence-corrected chi connectivity index (χ2v) is 6.07. The number of halogens is 3. The number of aliphatic hydroxyl groups excluding tert-OH is 1. The Bertz CT molecular complexity index is 1210. The average Bonchev–Trinajstić information content (AvgIpc) is 3.14. The van der Waals surface area contributed by atoms with Crippen LogP contribution in [0.2, 0.25) is 0 Å². The normalized spacial score (nSPS) is 12.1. The van der Waals surface area contributed by atoms with Crippen LogP contribution < -0.4 is 5.56 Å². The highest BCUT2D eigenvalue weighted by Gasteiger charge is 2.30. The second-order valence-electron chi connectivity index (χ2n) is 6.07. The number of nitrogens with zero attached hydrogens (tertiary/aromatic N) is 3. The number of aliphatic hydroxyl groups is 1. The van der Waals surface area contributed by atoms with Gasteiger partial charge in [0.15, 0.2) is 0 Å². The van der Waals surface area contributed by atoms with Gasteiger partial charge in [-0.25, -0.2) is 0 Å². The number of fused-ring (bicyclic) bond motifs is 3. The molecule has 3 aromatic heterocycles. The lowest BCUT2D eigenvalue weighted by atomic mass is 10.1. The first kappa shape index (κ1) is 17.2. The molecule has 0 aliphatic heterocycles. The molecule has 0 saturated heterocycles. The summed E-state index contributed by atoms with van der Waals surface area (Å²) in [5, 5.41) is 16.3. The summed E-state index contributed by atoms with van der Waals surface area (Å²) in [5.41, 5.74) is 1.20. The molecule has 0 aliphatic rings. The molecule has 0 bridgehead atoms. The Labute approximate surface area is 149 Å². The first-order chi connectivity index (χ1) is 12.9. The molecule has 0 fully saturated rings. The minimum atomic E-state index is -4.56. The van der Waals surface area contributed by atoms with Crippen LogP contribution in [0.15, 0.2) is 47.4 Å². The molecule has 9 heteroatoms. The third kappa shape index (κ3) is 3.06. The summed E-state index contributed by atoms with van der Waals surface area (Å²) in [5.74, 6) is 0. The summed E-state index contributed by atoms with van der Waals surface area (Å²) in [4.78, 5) is 16.9. The van der Waals surface area contributed by atoms with Crippen LogP contribution in [0.25, 0.3) is 33.1 Å². The largest absolute Gasteiger partial charge is 0.406 e. The molecule has 2 N–H and O–H groups in total. The van der Waals surface area contributed by atoms with Crippen LogP contribution in [0.3, 0.4) is 0 Å². The van der Waals surface area contributed by atoms with Crippen LogP contribution in [0.4, 0.5) is 13.2 Å². The Kier molecular flexibility index (Phi) is 3.96. The van der Waals surface area contributed by atoms with E-state index < -0.39 is 18.3 Å². The van der Waals surface area contributed by atoms with E-state index in [1.807, 2.05) is 0 Å². The van der Waals surface area contributed by atoms with Gasteiger partial charge in [0.2, 0.25) is 0 Å². The fraction of sp³-hybridized carbons (Fsp3) is 0.167. The fourth-order valence-electron chi connectivity index (χ4n) is 3.10. The maximum absolute atomic E-state index is 13.1. The molecule has 0 atom stereocenters. The summed E-state index contributed by atoms with van der Waals surface area (Å²) in [6.07, 6.45) is -3.33. The standard InChI is InChI=1S/C18H13F3N4O2/c19-18(20,21)9-25-15-6-10(14-3-1-2-11(8-26)23-14)4-5-12(15)16-13(17(25)27)7-22-24-16/h1-7,26H,8-9H2,(H,22,24). The van der Waals surface area contributed by atoms with Crippen LogP contribution in [-0.2, 0) is 13.2 Å². The number of hydrogen-bond donors (Lipinski definition) is 2. The number of hydrogen-bond acceptors (Lipinski definition) is 4. The Morgan fingerprint density at radius 3 is 2.70 bits per heavy atom. The number of aromatic amines is 1. The molecule has 0 spiro atoms. The van der Waals surface area contributed by atoms with Crippen LogP contribution in [0, 0.1) is 0 Å². The second kappa shape index (κ2) is 6.20. The van der Waals surface area contributed by atoms with Gasteiger partial charge < -0.3 is 5.11 Å². The van der Waals surface area contributed by atoms with Crippen molar-refractivity contribution in [2.24, 2.45) is 0 Å². The smallest absolute Gasteiger partial charge is 0.390 e. The van der Waals surface area contributed by atoms with E-state index in [4.69, 9.17) is 0 Å². The predicted octanol–water partition coefficient (Wildman–Crippen LogP) is 2.99.